The van der Waals surface area contributed by atoms with Gasteiger partial charge in [0.2, 0.25) is 5.91 Å². The number of benzene rings is 1. The summed E-state index contributed by atoms with van der Waals surface area (Å²) in [5.41, 5.74) is 2.97. The summed E-state index contributed by atoms with van der Waals surface area (Å²) in [6, 6.07) is 5.97. The summed E-state index contributed by atoms with van der Waals surface area (Å²) < 4.78 is 0. The van der Waals surface area contributed by atoms with Crippen molar-refractivity contribution in [2.75, 3.05) is 26.2 Å². The van der Waals surface area contributed by atoms with Crippen LogP contribution in [0.2, 0.25) is 0 Å². The third-order valence-electron chi connectivity index (χ3n) is 4.97. The van der Waals surface area contributed by atoms with Crippen LogP contribution >= 0.6 is 0 Å². The Morgan fingerprint density at radius 1 is 0.917 bits per heavy atom. The van der Waals surface area contributed by atoms with Gasteiger partial charge < -0.3 is 9.80 Å². The fraction of sp³-hybridized carbons (Fsp3) is 0.500. The first kappa shape index (κ1) is 16.7. The Bertz CT molecular complexity index is 637. The molecular formula is C20H26N2O2. The van der Waals surface area contributed by atoms with Crippen LogP contribution in [-0.2, 0) is 4.79 Å². The van der Waals surface area contributed by atoms with Crippen LogP contribution in [0.5, 0.6) is 0 Å². The molecule has 4 heteroatoms. The molecule has 2 aliphatic rings. The Labute approximate surface area is 144 Å². The SMILES string of the molecule is Cc1cc(C)cc(C(=O)N2CCN(C(=O)C3CC=CCC3)CC2)c1. The van der Waals surface area contributed by atoms with E-state index in [4.69, 9.17) is 0 Å². The zero-order valence-corrected chi connectivity index (χ0v) is 14.6. The molecule has 0 N–H and O–H groups in total. The van der Waals surface area contributed by atoms with Crippen LogP contribution in [0.25, 0.3) is 0 Å². The molecule has 0 bridgehead atoms. The molecule has 4 nitrogen and oxygen atoms in total. The van der Waals surface area contributed by atoms with Crippen molar-refractivity contribution in [1.82, 2.24) is 9.80 Å². The second-order valence-corrected chi connectivity index (χ2v) is 6.98. The third kappa shape index (κ3) is 3.69. The maximum absolute atomic E-state index is 12.7. The van der Waals surface area contributed by atoms with Crippen molar-refractivity contribution >= 4 is 11.8 Å². The van der Waals surface area contributed by atoms with Gasteiger partial charge >= 0.3 is 0 Å². The van der Waals surface area contributed by atoms with E-state index >= 15 is 0 Å². The lowest BCUT2D eigenvalue weighted by atomic mass is 9.93. The molecule has 1 unspecified atom stereocenters. The van der Waals surface area contributed by atoms with Crippen molar-refractivity contribution in [3.8, 4) is 0 Å². The molecule has 24 heavy (non-hydrogen) atoms. The second kappa shape index (κ2) is 7.20. The number of hydrogen-bond acceptors (Lipinski definition) is 2. The lowest BCUT2D eigenvalue weighted by molar-refractivity contribution is -0.137. The highest BCUT2D eigenvalue weighted by Gasteiger charge is 2.29. The quantitative estimate of drug-likeness (QED) is 0.784. The fourth-order valence-corrected chi connectivity index (χ4v) is 3.69. The molecule has 1 atom stereocenters. The largest absolute Gasteiger partial charge is 0.339 e. The minimum atomic E-state index is 0.0782. The summed E-state index contributed by atoms with van der Waals surface area (Å²) in [4.78, 5) is 29.1. The number of carbonyl (C=O) groups is 2. The number of rotatable bonds is 2. The number of hydrogen-bond donors (Lipinski definition) is 0. The Morgan fingerprint density at radius 2 is 1.54 bits per heavy atom. The first-order valence-electron chi connectivity index (χ1n) is 8.86. The average molecular weight is 326 g/mol. The summed E-state index contributed by atoms with van der Waals surface area (Å²) in [5, 5.41) is 0. The van der Waals surface area contributed by atoms with Crippen molar-refractivity contribution < 1.29 is 9.59 Å². The Kier molecular flexibility index (Phi) is 5.03. The zero-order valence-electron chi connectivity index (χ0n) is 14.6. The molecule has 2 amide bonds. The molecule has 1 aliphatic heterocycles. The molecule has 0 aromatic heterocycles. The number of amides is 2. The average Bonchev–Trinajstić information content (AvgIpc) is 2.60. The highest BCUT2D eigenvalue weighted by molar-refractivity contribution is 5.94. The second-order valence-electron chi connectivity index (χ2n) is 6.98. The Hall–Kier alpha value is -2.10. The van der Waals surface area contributed by atoms with Gasteiger partial charge in [0.25, 0.3) is 5.91 Å². The molecule has 1 aromatic carbocycles. The van der Waals surface area contributed by atoms with Gasteiger partial charge in [0.05, 0.1) is 0 Å². The standard InChI is InChI=1S/C20H26N2O2/c1-15-12-16(2)14-18(13-15)20(24)22-10-8-21(9-11-22)19(23)17-6-4-3-5-7-17/h3-4,12-14,17H,5-11H2,1-2H3. The van der Waals surface area contributed by atoms with Crippen LogP contribution in [0.15, 0.2) is 30.4 Å². The highest BCUT2D eigenvalue weighted by Crippen LogP contribution is 2.21. The zero-order chi connectivity index (χ0) is 17.1. The maximum atomic E-state index is 12.7. The summed E-state index contributed by atoms with van der Waals surface area (Å²) >= 11 is 0. The van der Waals surface area contributed by atoms with E-state index in [2.05, 4.69) is 18.2 Å². The lowest BCUT2D eigenvalue weighted by Gasteiger charge is -2.36. The van der Waals surface area contributed by atoms with Gasteiger partial charge in [-0.15, -0.1) is 0 Å². The van der Waals surface area contributed by atoms with Crippen molar-refractivity contribution in [3.05, 3.63) is 47.0 Å². The van der Waals surface area contributed by atoms with E-state index in [0.717, 1.165) is 36.0 Å². The van der Waals surface area contributed by atoms with Gasteiger partial charge in [-0.1, -0.05) is 29.3 Å². The van der Waals surface area contributed by atoms with Gasteiger partial charge in [0.1, 0.15) is 0 Å². The van der Waals surface area contributed by atoms with E-state index in [1.54, 1.807) is 0 Å². The van der Waals surface area contributed by atoms with E-state index in [1.807, 2.05) is 35.8 Å². The van der Waals surface area contributed by atoms with Gasteiger partial charge in [0.15, 0.2) is 0 Å². The first-order valence-corrected chi connectivity index (χ1v) is 8.86. The third-order valence-corrected chi connectivity index (χ3v) is 4.97. The van der Waals surface area contributed by atoms with Crippen LogP contribution in [0.1, 0.15) is 40.7 Å². The topological polar surface area (TPSA) is 40.6 Å². The molecule has 0 spiro atoms. The van der Waals surface area contributed by atoms with E-state index in [-0.39, 0.29) is 17.7 Å². The van der Waals surface area contributed by atoms with Crippen molar-refractivity contribution in [3.63, 3.8) is 0 Å². The molecular weight excluding hydrogens is 300 g/mol. The molecule has 0 radical (unpaired) electrons. The number of carbonyl (C=O) groups excluding carboxylic acids is 2. The molecule has 1 saturated heterocycles. The van der Waals surface area contributed by atoms with Gasteiger partial charge in [-0.2, -0.15) is 0 Å². The monoisotopic (exact) mass is 326 g/mol. The van der Waals surface area contributed by atoms with Crippen molar-refractivity contribution in [2.45, 2.75) is 33.1 Å². The van der Waals surface area contributed by atoms with Gasteiger partial charge in [-0.3, -0.25) is 9.59 Å². The fourth-order valence-electron chi connectivity index (χ4n) is 3.69. The van der Waals surface area contributed by atoms with E-state index in [0.29, 0.717) is 26.2 Å². The van der Waals surface area contributed by atoms with Gasteiger partial charge in [-0.25, -0.2) is 0 Å². The molecule has 3 rings (SSSR count). The van der Waals surface area contributed by atoms with E-state index < -0.39 is 0 Å². The van der Waals surface area contributed by atoms with Crippen LogP contribution in [0, 0.1) is 19.8 Å². The molecule has 0 saturated carbocycles. The highest BCUT2D eigenvalue weighted by atomic mass is 16.2. The van der Waals surface area contributed by atoms with Gasteiger partial charge in [0, 0.05) is 37.7 Å². The lowest BCUT2D eigenvalue weighted by Crippen LogP contribution is -2.52. The van der Waals surface area contributed by atoms with Crippen LogP contribution in [0.3, 0.4) is 0 Å². The normalized spacial score (nSPS) is 21.0. The van der Waals surface area contributed by atoms with Crippen LogP contribution in [-0.4, -0.2) is 47.8 Å². The van der Waals surface area contributed by atoms with Crippen LogP contribution < -0.4 is 0 Å². The smallest absolute Gasteiger partial charge is 0.253 e. The van der Waals surface area contributed by atoms with E-state index in [1.165, 1.54) is 0 Å². The molecule has 1 aromatic rings. The number of allylic oxidation sites excluding steroid dienone is 2. The number of piperazine rings is 1. The van der Waals surface area contributed by atoms with Crippen molar-refractivity contribution in [2.24, 2.45) is 5.92 Å². The summed E-state index contributed by atoms with van der Waals surface area (Å²) in [6.07, 6.45) is 7.09. The van der Waals surface area contributed by atoms with E-state index in [9.17, 15) is 9.59 Å². The minimum Gasteiger partial charge on any atom is -0.339 e. The first-order chi connectivity index (χ1) is 11.5. The molecule has 1 heterocycles. The predicted molar refractivity (Wildman–Crippen MR) is 94.9 cm³/mol. The number of nitrogens with zero attached hydrogens (tertiary/aromatic N) is 2. The van der Waals surface area contributed by atoms with Crippen molar-refractivity contribution in [1.29, 1.82) is 0 Å². The predicted octanol–water partition coefficient (Wildman–Crippen LogP) is 2.94. The Morgan fingerprint density at radius 3 is 2.12 bits per heavy atom. The molecule has 128 valence electrons. The van der Waals surface area contributed by atoms with Gasteiger partial charge in [-0.05, 0) is 45.2 Å². The Balaban J connectivity index is 1.59. The molecule has 1 fully saturated rings. The summed E-state index contributed by atoms with van der Waals surface area (Å²) in [5.74, 6) is 0.476. The molecule has 1 aliphatic carbocycles. The minimum absolute atomic E-state index is 0.0782. The van der Waals surface area contributed by atoms with Crippen LogP contribution in [0.4, 0.5) is 0 Å². The summed E-state index contributed by atoms with van der Waals surface area (Å²) in [6.45, 7) is 6.57. The number of aryl methyl sites for hydroxylation is 2. The summed E-state index contributed by atoms with van der Waals surface area (Å²) in [7, 11) is 0. The maximum Gasteiger partial charge on any atom is 0.253 e.